The molecular formula is C11H16N2O4. The summed E-state index contributed by atoms with van der Waals surface area (Å²) in [6, 6.07) is -0.888. The van der Waals surface area contributed by atoms with Crippen LogP contribution in [0.15, 0.2) is 0 Å². The Morgan fingerprint density at radius 1 is 1.35 bits per heavy atom. The van der Waals surface area contributed by atoms with Gasteiger partial charge >= 0.3 is 5.97 Å². The van der Waals surface area contributed by atoms with Gasteiger partial charge in [0, 0.05) is 18.9 Å². The van der Waals surface area contributed by atoms with Crippen molar-refractivity contribution in [2.24, 2.45) is 5.92 Å². The van der Waals surface area contributed by atoms with Crippen molar-refractivity contribution >= 4 is 17.8 Å². The van der Waals surface area contributed by atoms with Crippen LogP contribution in [0.25, 0.3) is 0 Å². The first-order chi connectivity index (χ1) is 8.02. The summed E-state index contributed by atoms with van der Waals surface area (Å²) in [6.07, 6.45) is 1.85. The zero-order valence-electron chi connectivity index (χ0n) is 9.76. The van der Waals surface area contributed by atoms with Crippen LogP contribution in [0.2, 0.25) is 0 Å². The number of carbonyl (C=O) groups excluding carboxylic acids is 2. The lowest BCUT2D eigenvalue weighted by atomic mass is 10.0. The van der Waals surface area contributed by atoms with Crippen LogP contribution in [-0.4, -0.2) is 45.5 Å². The van der Waals surface area contributed by atoms with E-state index in [4.69, 9.17) is 5.11 Å². The molecule has 0 bridgehead atoms. The molecule has 0 aliphatic carbocycles. The van der Waals surface area contributed by atoms with E-state index in [0.29, 0.717) is 32.2 Å². The van der Waals surface area contributed by atoms with E-state index in [1.54, 1.807) is 6.92 Å². The third-order valence-electron chi connectivity index (χ3n) is 3.41. The van der Waals surface area contributed by atoms with Gasteiger partial charge in [-0.1, -0.05) is 6.92 Å². The summed E-state index contributed by atoms with van der Waals surface area (Å²) >= 11 is 0. The van der Waals surface area contributed by atoms with Crippen LogP contribution in [0.4, 0.5) is 0 Å². The Bertz CT molecular complexity index is 368. The average molecular weight is 240 g/mol. The summed E-state index contributed by atoms with van der Waals surface area (Å²) in [6.45, 7) is 2.19. The monoisotopic (exact) mass is 240 g/mol. The van der Waals surface area contributed by atoms with Crippen LogP contribution >= 0.6 is 0 Å². The number of aliphatic carboxylic acids is 1. The molecule has 0 aromatic carbocycles. The number of fused-ring (bicyclic) bond motifs is 1. The summed E-state index contributed by atoms with van der Waals surface area (Å²) in [4.78, 5) is 35.1. The van der Waals surface area contributed by atoms with Crippen LogP contribution in [0.1, 0.15) is 32.6 Å². The fraction of sp³-hybridized carbons (Fsp3) is 0.727. The van der Waals surface area contributed by atoms with E-state index in [-0.39, 0.29) is 17.7 Å². The van der Waals surface area contributed by atoms with Crippen LogP contribution in [-0.2, 0) is 14.4 Å². The van der Waals surface area contributed by atoms with Gasteiger partial charge in [-0.2, -0.15) is 0 Å². The van der Waals surface area contributed by atoms with E-state index in [1.807, 2.05) is 0 Å². The fourth-order valence-corrected chi connectivity index (χ4v) is 2.40. The third-order valence-corrected chi connectivity index (χ3v) is 3.41. The number of carboxylic acids is 1. The Kier molecular flexibility index (Phi) is 3.04. The number of hydrogen-bond acceptors (Lipinski definition) is 3. The maximum absolute atomic E-state index is 12.1. The van der Waals surface area contributed by atoms with Crippen molar-refractivity contribution in [3.8, 4) is 0 Å². The second kappa shape index (κ2) is 4.35. The molecule has 0 spiro atoms. The molecule has 6 nitrogen and oxygen atoms in total. The second-order valence-corrected chi connectivity index (χ2v) is 4.64. The number of carboxylic acid groups (broad SMARTS) is 1. The van der Waals surface area contributed by atoms with Crippen LogP contribution < -0.4 is 0 Å². The molecule has 0 aromatic heterocycles. The molecule has 0 aromatic rings. The molecule has 2 atom stereocenters. The molecule has 0 unspecified atom stereocenters. The first kappa shape index (κ1) is 11.9. The van der Waals surface area contributed by atoms with E-state index in [2.05, 4.69) is 0 Å². The highest BCUT2D eigenvalue weighted by atomic mass is 16.4. The largest absolute Gasteiger partial charge is 0.480 e. The summed E-state index contributed by atoms with van der Waals surface area (Å²) in [5.41, 5.74) is 0. The smallest absolute Gasteiger partial charge is 0.328 e. The highest BCUT2D eigenvalue weighted by Gasteiger charge is 2.42. The Morgan fingerprint density at radius 2 is 2.06 bits per heavy atom. The second-order valence-electron chi connectivity index (χ2n) is 4.64. The van der Waals surface area contributed by atoms with Crippen molar-refractivity contribution in [3.63, 3.8) is 0 Å². The predicted octanol–water partition coefficient (Wildman–Crippen LogP) is 0.235. The molecule has 94 valence electrons. The van der Waals surface area contributed by atoms with Crippen molar-refractivity contribution in [3.05, 3.63) is 0 Å². The Hall–Kier alpha value is -1.59. The highest BCUT2D eigenvalue weighted by Crippen LogP contribution is 2.26. The SMILES string of the molecule is C[C@H]1CCC(=O)N2CCC[C@@H](C(=O)O)N2C1=O. The topological polar surface area (TPSA) is 77.9 Å². The van der Waals surface area contributed by atoms with Gasteiger partial charge in [0.25, 0.3) is 0 Å². The molecule has 2 rings (SSSR count). The zero-order valence-corrected chi connectivity index (χ0v) is 9.76. The average Bonchev–Trinajstić information content (AvgIpc) is 2.42. The standard InChI is InChI=1S/C11H16N2O4/c1-7-4-5-9(14)12-6-2-3-8(11(16)17)13(12)10(7)15/h7-8H,2-6H2,1H3,(H,16,17)/t7-,8-/m0/s1. The molecule has 2 aliphatic rings. The molecule has 2 amide bonds. The molecule has 2 fully saturated rings. The van der Waals surface area contributed by atoms with Gasteiger partial charge in [-0.15, -0.1) is 0 Å². The lowest BCUT2D eigenvalue weighted by Crippen LogP contribution is -2.59. The van der Waals surface area contributed by atoms with Crippen LogP contribution in [0.5, 0.6) is 0 Å². The van der Waals surface area contributed by atoms with Gasteiger partial charge in [0.1, 0.15) is 0 Å². The van der Waals surface area contributed by atoms with Gasteiger partial charge in [-0.05, 0) is 19.3 Å². The molecule has 0 saturated carbocycles. The number of carbonyl (C=O) groups is 3. The Labute approximate surface area is 99.1 Å². The van der Waals surface area contributed by atoms with Gasteiger partial charge < -0.3 is 5.11 Å². The van der Waals surface area contributed by atoms with E-state index in [0.717, 1.165) is 0 Å². The quantitative estimate of drug-likeness (QED) is 0.712. The highest BCUT2D eigenvalue weighted by molar-refractivity contribution is 5.90. The van der Waals surface area contributed by atoms with Crippen LogP contribution in [0.3, 0.4) is 0 Å². The van der Waals surface area contributed by atoms with Gasteiger partial charge in [-0.3, -0.25) is 14.6 Å². The maximum atomic E-state index is 12.1. The number of nitrogens with zero attached hydrogens (tertiary/aromatic N) is 2. The van der Waals surface area contributed by atoms with Crippen molar-refractivity contribution in [2.75, 3.05) is 6.54 Å². The number of amides is 2. The molecule has 2 aliphatic heterocycles. The van der Waals surface area contributed by atoms with Gasteiger partial charge in [0.2, 0.25) is 11.8 Å². The van der Waals surface area contributed by atoms with E-state index < -0.39 is 12.0 Å². The lowest BCUT2D eigenvalue weighted by Gasteiger charge is -2.41. The molecule has 17 heavy (non-hydrogen) atoms. The Morgan fingerprint density at radius 3 is 2.71 bits per heavy atom. The van der Waals surface area contributed by atoms with E-state index in [9.17, 15) is 14.4 Å². The van der Waals surface area contributed by atoms with Crippen molar-refractivity contribution < 1.29 is 19.5 Å². The number of hydrogen-bond donors (Lipinski definition) is 1. The maximum Gasteiger partial charge on any atom is 0.328 e. The number of hydrazine groups is 1. The fourth-order valence-electron chi connectivity index (χ4n) is 2.40. The van der Waals surface area contributed by atoms with Crippen molar-refractivity contribution in [1.82, 2.24) is 10.0 Å². The summed E-state index contributed by atoms with van der Waals surface area (Å²) in [7, 11) is 0. The molecule has 2 saturated heterocycles. The first-order valence-corrected chi connectivity index (χ1v) is 5.88. The minimum absolute atomic E-state index is 0.145. The van der Waals surface area contributed by atoms with E-state index in [1.165, 1.54) is 10.0 Å². The van der Waals surface area contributed by atoms with Crippen molar-refractivity contribution in [2.45, 2.75) is 38.6 Å². The zero-order chi connectivity index (χ0) is 12.6. The molecule has 0 radical (unpaired) electrons. The minimum atomic E-state index is -1.04. The normalized spacial score (nSPS) is 29.9. The summed E-state index contributed by atoms with van der Waals surface area (Å²) in [5.74, 6) is -1.72. The molecule has 6 heteroatoms. The van der Waals surface area contributed by atoms with Gasteiger partial charge in [0.15, 0.2) is 6.04 Å². The van der Waals surface area contributed by atoms with Crippen LogP contribution in [0, 0.1) is 5.92 Å². The third kappa shape index (κ3) is 1.99. The van der Waals surface area contributed by atoms with Gasteiger partial charge in [0.05, 0.1) is 0 Å². The predicted molar refractivity (Wildman–Crippen MR) is 57.6 cm³/mol. The summed E-state index contributed by atoms with van der Waals surface area (Å²) < 4.78 is 0. The molecule has 2 heterocycles. The molecular weight excluding hydrogens is 224 g/mol. The van der Waals surface area contributed by atoms with Crippen molar-refractivity contribution in [1.29, 1.82) is 0 Å². The minimum Gasteiger partial charge on any atom is -0.480 e. The summed E-state index contributed by atoms with van der Waals surface area (Å²) in [5, 5.41) is 11.6. The van der Waals surface area contributed by atoms with Gasteiger partial charge in [-0.25, -0.2) is 9.80 Å². The Balaban J connectivity index is 2.34. The van der Waals surface area contributed by atoms with E-state index >= 15 is 0 Å². The first-order valence-electron chi connectivity index (χ1n) is 5.88. The number of rotatable bonds is 1. The molecule has 1 N–H and O–H groups in total. The lowest BCUT2D eigenvalue weighted by molar-refractivity contribution is -0.181.